The second-order valence-corrected chi connectivity index (χ2v) is 6.77. The van der Waals surface area contributed by atoms with E-state index in [1.54, 1.807) is 7.05 Å². The zero-order valence-electron chi connectivity index (χ0n) is 14.3. The maximum absolute atomic E-state index is 4.28. The molecule has 0 aliphatic rings. The minimum absolute atomic E-state index is 0. The molecule has 8 heteroatoms. The molecule has 0 fully saturated rings. The largest absolute Gasteiger partial charge is 0.356 e. The molecule has 3 aromatic heterocycles. The number of pyridine rings is 1. The Hall–Kier alpha value is -1.68. The van der Waals surface area contributed by atoms with Crippen LogP contribution in [0.2, 0.25) is 0 Å². The predicted octanol–water partition coefficient (Wildman–Crippen LogP) is 2.95. The molecule has 1 unspecified atom stereocenters. The van der Waals surface area contributed by atoms with Crippen molar-refractivity contribution < 1.29 is 0 Å². The number of aliphatic imine (C=N–C) groups is 1. The van der Waals surface area contributed by atoms with Crippen molar-refractivity contribution in [1.82, 2.24) is 25.2 Å². The first-order chi connectivity index (χ1) is 11.8. The lowest BCUT2D eigenvalue weighted by Gasteiger charge is -2.15. The minimum atomic E-state index is 0. The van der Waals surface area contributed by atoms with E-state index < -0.39 is 0 Å². The highest BCUT2D eigenvalue weighted by atomic mass is 127. The first-order valence-corrected chi connectivity index (χ1v) is 8.90. The van der Waals surface area contributed by atoms with Gasteiger partial charge in [-0.05, 0) is 35.9 Å². The predicted molar refractivity (Wildman–Crippen MR) is 114 cm³/mol. The molecule has 0 aromatic carbocycles. The molecule has 0 spiro atoms. The van der Waals surface area contributed by atoms with Crippen molar-refractivity contribution in [3.8, 4) is 0 Å². The standard InChI is InChI=1S/C17H22N6S.HI/c1-13(10-14-6-5-9-24-14)11-19-17(18-2)20-12-16-22-21-15-7-3-4-8-23(15)16;/h3-9,13H,10-12H2,1-2H3,(H2,18,19,20);1H. The fourth-order valence-corrected chi connectivity index (χ4v) is 3.38. The second kappa shape index (κ2) is 9.71. The maximum Gasteiger partial charge on any atom is 0.191 e. The van der Waals surface area contributed by atoms with Crippen LogP contribution in [0.3, 0.4) is 0 Å². The highest BCUT2D eigenvalue weighted by Crippen LogP contribution is 2.13. The van der Waals surface area contributed by atoms with Gasteiger partial charge in [-0.3, -0.25) is 9.39 Å². The van der Waals surface area contributed by atoms with Gasteiger partial charge in [-0.2, -0.15) is 0 Å². The lowest BCUT2D eigenvalue weighted by molar-refractivity contribution is 0.561. The Kier molecular flexibility index (Phi) is 7.63. The fraction of sp³-hybridized carbons (Fsp3) is 0.353. The smallest absolute Gasteiger partial charge is 0.191 e. The van der Waals surface area contributed by atoms with Gasteiger partial charge < -0.3 is 10.6 Å². The Morgan fingerprint density at radius 1 is 1.24 bits per heavy atom. The summed E-state index contributed by atoms with van der Waals surface area (Å²) in [5.41, 5.74) is 0.849. The summed E-state index contributed by atoms with van der Waals surface area (Å²) in [6.07, 6.45) is 3.04. The first kappa shape index (κ1) is 19.6. The van der Waals surface area contributed by atoms with Crippen molar-refractivity contribution >= 4 is 46.9 Å². The molecule has 3 aromatic rings. The molecular weight excluding hydrogens is 447 g/mol. The lowest BCUT2D eigenvalue weighted by Crippen LogP contribution is -2.39. The normalized spacial score (nSPS) is 12.6. The number of guanidine groups is 1. The highest BCUT2D eigenvalue weighted by molar-refractivity contribution is 14.0. The number of rotatable bonds is 6. The molecule has 0 amide bonds. The van der Waals surface area contributed by atoms with Crippen LogP contribution in [-0.4, -0.2) is 34.2 Å². The van der Waals surface area contributed by atoms with Crippen LogP contribution in [0.15, 0.2) is 46.9 Å². The third-order valence-electron chi connectivity index (χ3n) is 3.77. The van der Waals surface area contributed by atoms with Gasteiger partial charge in [-0.25, -0.2) is 0 Å². The van der Waals surface area contributed by atoms with Crippen molar-refractivity contribution in [2.24, 2.45) is 10.9 Å². The van der Waals surface area contributed by atoms with Crippen LogP contribution >= 0.6 is 35.3 Å². The van der Waals surface area contributed by atoms with Gasteiger partial charge in [0, 0.05) is 24.7 Å². The van der Waals surface area contributed by atoms with E-state index in [9.17, 15) is 0 Å². The number of hydrogen-bond acceptors (Lipinski definition) is 4. The van der Waals surface area contributed by atoms with E-state index in [4.69, 9.17) is 0 Å². The van der Waals surface area contributed by atoms with Crippen LogP contribution in [0.5, 0.6) is 0 Å². The molecule has 0 radical (unpaired) electrons. The zero-order valence-corrected chi connectivity index (χ0v) is 17.5. The summed E-state index contributed by atoms with van der Waals surface area (Å²) < 4.78 is 1.97. The molecule has 0 aliphatic carbocycles. The van der Waals surface area contributed by atoms with E-state index in [-0.39, 0.29) is 24.0 Å². The Labute approximate surface area is 168 Å². The number of fused-ring (bicyclic) bond motifs is 1. The monoisotopic (exact) mass is 470 g/mol. The Morgan fingerprint density at radius 2 is 2.12 bits per heavy atom. The van der Waals surface area contributed by atoms with Crippen molar-refractivity contribution in [2.45, 2.75) is 19.9 Å². The van der Waals surface area contributed by atoms with Crippen LogP contribution in [0.1, 0.15) is 17.6 Å². The summed E-state index contributed by atoms with van der Waals surface area (Å²) in [5.74, 6) is 2.18. The molecule has 2 N–H and O–H groups in total. The molecular formula is C17H23IN6S. The summed E-state index contributed by atoms with van der Waals surface area (Å²) >= 11 is 1.81. The van der Waals surface area contributed by atoms with Crippen molar-refractivity contribution in [3.63, 3.8) is 0 Å². The Balaban J connectivity index is 0.00000225. The second-order valence-electron chi connectivity index (χ2n) is 5.74. The number of nitrogens with one attached hydrogen (secondary N) is 2. The van der Waals surface area contributed by atoms with E-state index in [2.05, 4.69) is 50.3 Å². The summed E-state index contributed by atoms with van der Waals surface area (Å²) in [4.78, 5) is 5.69. The quantitative estimate of drug-likeness (QED) is 0.330. The first-order valence-electron chi connectivity index (χ1n) is 8.02. The highest BCUT2D eigenvalue weighted by Gasteiger charge is 2.08. The van der Waals surface area contributed by atoms with Gasteiger partial charge in [0.15, 0.2) is 17.4 Å². The van der Waals surface area contributed by atoms with E-state index in [0.29, 0.717) is 12.5 Å². The third-order valence-corrected chi connectivity index (χ3v) is 4.67. The fourth-order valence-electron chi connectivity index (χ4n) is 2.51. The summed E-state index contributed by atoms with van der Waals surface area (Å²) in [5, 5.41) is 17.2. The number of hydrogen-bond donors (Lipinski definition) is 2. The average Bonchev–Trinajstić information content (AvgIpc) is 3.25. The van der Waals surface area contributed by atoms with Crippen molar-refractivity contribution in [2.75, 3.05) is 13.6 Å². The average molecular weight is 470 g/mol. The number of thiophene rings is 1. The molecule has 1 atom stereocenters. The van der Waals surface area contributed by atoms with Crippen LogP contribution < -0.4 is 10.6 Å². The van der Waals surface area contributed by atoms with Gasteiger partial charge in [0.25, 0.3) is 0 Å². The van der Waals surface area contributed by atoms with E-state index in [0.717, 1.165) is 30.4 Å². The van der Waals surface area contributed by atoms with Gasteiger partial charge in [0.05, 0.1) is 6.54 Å². The van der Waals surface area contributed by atoms with Gasteiger partial charge in [-0.1, -0.05) is 19.1 Å². The molecule has 0 saturated carbocycles. The minimum Gasteiger partial charge on any atom is -0.356 e. The molecule has 3 rings (SSSR count). The number of aromatic nitrogens is 3. The summed E-state index contributed by atoms with van der Waals surface area (Å²) in [6.45, 7) is 3.69. The zero-order chi connectivity index (χ0) is 16.8. The van der Waals surface area contributed by atoms with Crippen LogP contribution in [0.25, 0.3) is 5.65 Å². The third kappa shape index (κ3) is 5.40. The molecule has 0 bridgehead atoms. The van der Waals surface area contributed by atoms with E-state index >= 15 is 0 Å². The van der Waals surface area contributed by atoms with Gasteiger partial charge >= 0.3 is 0 Å². The number of nitrogens with zero attached hydrogens (tertiary/aromatic N) is 4. The van der Waals surface area contributed by atoms with Crippen molar-refractivity contribution in [1.29, 1.82) is 0 Å². The Morgan fingerprint density at radius 3 is 2.88 bits per heavy atom. The SMILES string of the molecule is CN=C(NCc1nnc2ccccn12)NCC(C)Cc1cccs1.I. The molecule has 134 valence electrons. The topological polar surface area (TPSA) is 66.6 Å². The molecule has 25 heavy (non-hydrogen) atoms. The van der Waals surface area contributed by atoms with E-state index in [1.807, 2.05) is 40.1 Å². The summed E-state index contributed by atoms with van der Waals surface area (Å²) in [6, 6.07) is 10.2. The van der Waals surface area contributed by atoms with Crippen molar-refractivity contribution in [3.05, 3.63) is 52.6 Å². The van der Waals surface area contributed by atoms with Gasteiger partial charge in [0.1, 0.15) is 0 Å². The molecule has 6 nitrogen and oxygen atoms in total. The van der Waals surface area contributed by atoms with Gasteiger partial charge in [0.2, 0.25) is 0 Å². The van der Waals surface area contributed by atoms with E-state index in [1.165, 1.54) is 4.88 Å². The molecule has 3 heterocycles. The van der Waals surface area contributed by atoms with Crippen LogP contribution in [0, 0.1) is 5.92 Å². The summed E-state index contributed by atoms with van der Waals surface area (Å²) in [7, 11) is 1.78. The van der Waals surface area contributed by atoms with Crippen LogP contribution in [-0.2, 0) is 13.0 Å². The van der Waals surface area contributed by atoms with Gasteiger partial charge in [-0.15, -0.1) is 45.5 Å². The lowest BCUT2D eigenvalue weighted by atomic mass is 10.1. The Bertz CT molecular complexity index is 798. The molecule has 0 aliphatic heterocycles. The van der Waals surface area contributed by atoms with Crippen LogP contribution in [0.4, 0.5) is 0 Å². The maximum atomic E-state index is 4.28. The molecule has 0 saturated heterocycles. The number of halogens is 1.